The van der Waals surface area contributed by atoms with Gasteiger partial charge in [-0.1, -0.05) is 29.8 Å². The van der Waals surface area contributed by atoms with Crippen molar-refractivity contribution in [3.8, 4) is 11.5 Å². The zero-order valence-electron chi connectivity index (χ0n) is 19.7. The number of piperazine rings is 1. The van der Waals surface area contributed by atoms with E-state index in [9.17, 15) is 5.11 Å². The van der Waals surface area contributed by atoms with Crippen LogP contribution in [0.2, 0.25) is 5.02 Å². The maximum atomic E-state index is 11.2. The fraction of sp³-hybridized carbons (Fsp3) is 0.407. The van der Waals surface area contributed by atoms with E-state index in [1.54, 1.807) is 0 Å². The van der Waals surface area contributed by atoms with Crippen molar-refractivity contribution in [3.05, 3.63) is 82.6 Å². The standard InChI is InChI=1S/C27H31ClN4O3/c28-22-6-4-21(5-7-22)27-23-2-1-9-30(23)14-15-32(27)18-26(33)31-12-10-29(11-13-31)17-20-3-8-24-25(16-20)35-19-34-24/h1-9,16,26-27,33H,10-15,17-19H2. The summed E-state index contributed by atoms with van der Waals surface area (Å²) in [6, 6.07) is 18.7. The summed E-state index contributed by atoms with van der Waals surface area (Å²) in [5.74, 6) is 1.66. The number of aliphatic hydroxyl groups excluding tert-OH is 1. The largest absolute Gasteiger partial charge is 0.454 e. The zero-order chi connectivity index (χ0) is 23.8. The molecule has 1 aromatic heterocycles. The topological polar surface area (TPSA) is 53.3 Å². The number of aliphatic hydroxyl groups is 1. The molecule has 8 heteroatoms. The van der Waals surface area contributed by atoms with Crippen LogP contribution in [0.1, 0.15) is 22.9 Å². The van der Waals surface area contributed by atoms with Gasteiger partial charge in [0.2, 0.25) is 6.79 Å². The zero-order valence-corrected chi connectivity index (χ0v) is 20.5. The van der Waals surface area contributed by atoms with Gasteiger partial charge in [0.05, 0.1) is 6.04 Å². The van der Waals surface area contributed by atoms with Crippen LogP contribution >= 0.6 is 11.6 Å². The predicted octanol–water partition coefficient (Wildman–Crippen LogP) is 3.41. The second-order valence-corrected chi connectivity index (χ2v) is 9.99. The van der Waals surface area contributed by atoms with E-state index in [1.165, 1.54) is 16.8 Å². The van der Waals surface area contributed by atoms with Gasteiger partial charge in [-0.25, -0.2) is 0 Å². The number of hydrogen-bond donors (Lipinski definition) is 1. The average Bonchev–Trinajstić information content (AvgIpc) is 3.54. The monoisotopic (exact) mass is 494 g/mol. The molecule has 4 heterocycles. The Morgan fingerprint density at radius 3 is 2.54 bits per heavy atom. The molecule has 7 nitrogen and oxygen atoms in total. The van der Waals surface area contributed by atoms with Crippen LogP contribution in [0, 0.1) is 0 Å². The van der Waals surface area contributed by atoms with Gasteiger partial charge in [-0.15, -0.1) is 0 Å². The average molecular weight is 495 g/mol. The summed E-state index contributed by atoms with van der Waals surface area (Å²) in [5.41, 5.74) is 3.69. The molecule has 0 bridgehead atoms. The van der Waals surface area contributed by atoms with E-state index in [1.807, 2.05) is 18.2 Å². The number of halogens is 1. The number of ether oxygens (including phenoxy) is 2. The lowest BCUT2D eigenvalue weighted by Gasteiger charge is -2.42. The highest BCUT2D eigenvalue weighted by Crippen LogP contribution is 2.34. The van der Waals surface area contributed by atoms with Crippen LogP contribution in [0.4, 0.5) is 0 Å². The lowest BCUT2D eigenvalue weighted by molar-refractivity contribution is -0.0518. The van der Waals surface area contributed by atoms with Gasteiger partial charge in [0.25, 0.3) is 0 Å². The normalized spacial score (nSPS) is 21.7. The van der Waals surface area contributed by atoms with Gasteiger partial charge in [0.15, 0.2) is 11.5 Å². The fourth-order valence-electron chi connectivity index (χ4n) is 5.50. The molecule has 0 radical (unpaired) electrons. The van der Waals surface area contributed by atoms with Crippen molar-refractivity contribution in [2.24, 2.45) is 0 Å². The van der Waals surface area contributed by atoms with Crippen molar-refractivity contribution in [1.29, 1.82) is 0 Å². The summed E-state index contributed by atoms with van der Waals surface area (Å²) >= 11 is 6.16. The second-order valence-electron chi connectivity index (χ2n) is 9.56. The van der Waals surface area contributed by atoms with E-state index >= 15 is 0 Å². The third-order valence-corrected chi connectivity index (χ3v) is 7.65. The fourth-order valence-corrected chi connectivity index (χ4v) is 5.62. The molecule has 0 aliphatic carbocycles. The number of rotatable bonds is 6. The first kappa shape index (κ1) is 22.9. The van der Waals surface area contributed by atoms with Crippen LogP contribution in [-0.4, -0.2) is 76.7 Å². The van der Waals surface area contributed by atoms with Crippen LogP contribution in [0.5, 0.6) is 11.5 Å². The van der Waals surface area contributed by atoms with Crippen molar-refractivity contribution in [2.75, 3.05) is 46.1 Å². The van der Waals surface area contributed by atoms with E-state index in [0.29, 0.717) is 13.3 Å². The maximum Gasteiger partial charge on any atom is 0.231 e. The van der Waals surface area contributed by atoms with Gasteiger partial charge in [-0.2, -0.15) is 0 Å². The van der Waals surface area contributed by atoms with Crippen molar-refractivity contribution in [1.82, 2.24) is 19.3 Å². The number of aromatic nitrogens is 1. The highest BCUT2D eigenvalue weighted by atomic mass is 35.5. The van der Waals surface area contributed by atoms with E-state index in [-0.39, 0.29) is 6.04 Å². The second kappa shape index (κ2) is 9.84. The van der Waals surface area contributed by atoms with Crippen molar-refractivity contribution in [2.45, 2.75) is 25.4 Å². The SMILES string of the molecule is OC(CN1CCn2cccc2C1c1ccc(Cl)cc1)N1CCN(Cc2ccc3c(c2)OCO3)CC1. The number of fused-ring (bicyclic) bond motifs is 2. The molecule has 2 aromatic carbocycles. The minimum Gasteiger partial charge on any atom is -0.454 e. The van der Waals surface area contributed by atoms with Crippen molar-refractivity contribution >= 4 is 11.6 Å². The molecule has 0 saturated carbocycles. The first-order chi connectivity index (χ1) is 17.1. The molecule has 6 rings (SSSR count). The third kappa shape index (κ3) is 4.79. The predicted molar refractivity (Wildman–Crippen MR) is 135 cm³/mol. The smallest absolute Gasteiger partial charge is 0.231 e. The van der Waals surface area contributed by atoms with Crippen LogP contribution < -0.4 is 9.47 Å². The Balaban J connectivity index is 1.08. The molecular formula is C27H31ClN4O3. The quantitative estimate of drug-likeness (QED) is 0.567. The minimum atomic E-state index is -0.501. The Hall–Kier alpha value is -2.55. The number of β-amino-alcohol motifs (C(OH)–C–C–N with tert-alkyl or cyclic N) is 1. The molecule has 184 valence electrons. The molecule has 0 amide bonds. The summed E-state index contributed by atoms with van der Waals surface area (Å²) in [7, 11) is 0. The van der Waals surface area contributed by atoms with Gasteiger partial charge in [-0.3, -0.25) is 14.7 Å². The summed E-state index contributed by atoms with van der Waals surface area (Å²) in [4.78, 5) is 7.05. The Morgan fingerprint density at radius 2 is 1.71 bits per heavy atom. The Bertz CT molecular complexity index is 1160. The van der Waals surface area contributed by atoms with Crippen LogP contribution in [0.25, 0.3) is 0 Å². The first-order valence-corrected chi connectivity index (χ1v) is 12.7. The molecule has 1 saturated heterocycles. The van der Waals surface area contributed by atoms with Gasteiger partial charge in [0.1, 0.15) is 6.23 Å². The van der Waals surface area contributed by atoms with E-state index < -0.39 is 6.23 Å². The van der Waals surface area contributed by atoms with E-state index in [2.05, 4.69) is 61.9 Å². The van der Waals surface area contributed by atoms with Crippen LogP contribution in [0.3, 0.4) is 0 Å². The number of benzene rings is 2. The molecule has 2 atom stereocenters. The molecule has 1 fully saturated rings. The Morgan fingerprint density at radius 1 is 0.914 bits per heavy atom. The molecule has 3 aliphatic heterocycles. The molecule has 0 spiro atoms. The summed E-state index contributed by atoms with van der Waals surface area (Å²) < 4.78 is 13.3. The van der Waals surface area contributed by atoms with Crippen molar-refractivity contribution < 1.29 is 14.6 Å². The number of nitrogens with zero attached hydrogens (tertiary/aromatic N) is 4. The molecule has 1 N–H and O–H groups in total. The molecule has 3 aromatic rings. The van der Waals surface area contributed by atoms with Gasteiger partial charge in [-0.05, 0) is 47.5 Å². The maximum absolute atomic E-state index is 11.2. The summed E-state index contributed by atoms with van der Waals surface area (Å²) in [5, 5.41) is 12.0. The highest BCUT2D eigenvalue weighted by molar-refractivity contribution is 6.30. The van der Waals surface area contributed by atoms with Crippen LogP contribution in [0.15, 0.2) is 60.8 Å². The Labute approximate surface area is 211 Å². The molecular weight excluding hydrogens is 464 g/mol. The minimum absolute atomic E-state index is 0.109. The molecule has 2 unspecified atom stereocenters. The van der Waals surface area contributed by atoms with Gasteiger partial charge < -0.3 is 19.1 Å². The highest BCUT2D eigenvalue weighted by Gasteiger charge is 2.32. The van der Waals surface area contributed by atoms with E-state index in [0.717, 1.165) is 62.3 Å². The third-order valence-electron chi connectivity index (χ3n) is 7.39. The lowest BCUT2D eigenvalue weighted by atomic mass is 10.00. The molecule has 35 heavy (non-hydrogen) atoms. The van der Waals surface area contributed by atoms with E-state index in [4.69, 9.17) is 21.1 Å². The van der Waals surface area contributed by atoms with Gasteiger partial charge >= 0.3 is 0 Å². The summed E-state index contributed by atoms with van der Waals surface area (Å²) in [6.45, 7) is 7.17. The molecule has 3 aliphatic rings. The first-order valence-electron chi connectivity index (χ1n) is 12.3. The Kier molecular flexibility index (Phi) is 6.43. The van der Waals surface area contributed by atoms with Crippen LogP contribution in [-0.2, 0) is 13.1 Å². The summed E-state index contributed by atoms with van der Waals surface area (Å²) in [6.07, 6.45) is 1.64. The lowest BCUT2D eigenvalue weighted by Crippen LogP contribution is -2.54. The number of hydrogen-bond acceptors (Lipinski definition) is 6. The van der Waals surface area contributed by atoms with Gasteiger partial charge in [0, 0.05) is 69.3 Å². The van der Waals surface area contributed by atoms with Crippen molar-refractivity contribution in [3.63, 3.8) is 0 Å².